The molecule has 2 N–H and O–H groups in total. The fraction of sp³-hybridized carbons (Fsp3) is 0.167. The molecule has 0 bridgehead atoms. The maximum absolute atomic E-state index is 11.9. The van der Waals surface area contributed by atoms with Crippen molar-refractivity contribution in [3.8, 4) is 6.07 Å². The number of rotatable bonds is 5. The van der Waals surface area contributed by atoms with Crippen molar-refractivity contribution in [3.63, 3.8) is 0 Å². The number of para-hydroxylation sites is 1. The minimum atomic E-state index is -0.0883. The molecule has 0 spiro atoms. The molecule has 24 heavy (non-hydrogen) atoms. The zero-order valence-corrected chi connectivity index (χ0v) is 14.0. The first-order valence-corrected chi connectivity index (χ1v) is 8.43. The lowest BCUT2D eigenvalue weighted by molar-refractivity contribution is 0.0959. The Kier molecular flexibility index (Phi) is 4.73. The summed E-state index contributed by atoms with van der Waals surface area (Å²) in [5.74, 6) is 0.458. The predicted octanol–water partition coefficient (Wildman–Crippen LogP) is 3.32. The van der Waals surface area contributed by atoms with Gasteiger partial charge in [-0.1, -0.05) is 24.3 Å². The Morgan fingerprint density at radius 2 is 2.17 bits per heavy atom. The standard InChI is InChI=1S/C18H16N4OS/c1-12-4-2-5-13-10-14(11-19)17(22-16(12)13)20-7-8-21-18(23)15-6-3-9-24-15/h2-6,9-10H,7-8H2,1H3,(H,20,22)(H,21,23). The van der Waals surface area contributed by atoms with Gasteiger partial charge >= 0.3 is 0 Å². The lowest BCUT2D eigenvalue weighted by Gasteiger charge is -2.10. The zero-order chi connectivity index (χ0) is 16.9. The Morgan fingerprint density at radius 1 is 1.29 bits per heavy atom. The average Bonchev–Trinajstić information content (AvgIpc) is 3.13. The Labute approximate surface area is 144 Å². The number of nitriles is 1. The summed E-state index contributed by atoms with van der Waals surface area (Å²) in [5.41, 5.74) is 2.44. The van der Waals surface area contributed by atoms with E-state index in [4.69, 9.17) is 0 Å². The number of carbonyl (C=O) groups excluding carboxylic acids is 1. The molecule has 1 aromatic carbocycles. The van der Waals surface area contributed by atoms with Gasteiger partial charge in [0.2, 0.25) is 0 Å². The average molecular weight is 336 g/mol. The number of hydrogen-bond acceptors (Lipinski definition) is 5. The number of benzene rings is 1. The van der Waals surface area contributed by atoms with Crippen molar-refractivity contribution in [2.24, 2.45) is 0 Å². The molecule has 0 saturated heterocycles. The van der Waals surface area contributed by atoms with Crippen LogP contribution in [0.2, 0.25) is 0 Å². The molecule has 0 aliphatic carbocycles. The second kappa shape index (κ2) is 7.11. The molecule has 5 nitrogen and oxygen atoms in total. The number of hydrogen-bond donors (Lipinski definition) is 2. The molecule has 0 aliphatic rings. The van der Waals surface area contributed by atoms with Gasteiger partial charge in [0.15, 0.2) is 0 Å². The molecule has 3 rings (SSSR count). The van der Waals surface area contributed by atoms with Gasteiger partial charge in [0.25, 0.3) is 5.91 Å². The Bertz CT molecular complexity index is 913. The highest BCUT2D eigenvalue weighted by Crippen LogP contribution is 2.22. The Balaban J connectivity index is 1.67. The molecule has 0 radical (unpaired) electrons. The highest BCUT2D eigenvalue weighted by atomic mass is 32.1. The van der Waals surface area contributed by atoms with E-state index in [2.05, 4.69) is 21.7 Å². The first-order chi connectivity index (χ1) is 11.7. The van der Waals surface area contributed by atoms with E-state index in [1.807, 2.05) is 42.6 Å². The minimum absolute atomic E-state index is 0.0883. The van der Waals surface area contributed by atoms with Gasteiger partial charge in [-0.15, -0.1) is 11.3 Å². The van der Waals surface area contributed by atoms with Crippen molar-refractivity contribution in [3.05, 3.63) is 57.8 Å². The molecule has 3 aromatic rings. The number of nitrogens with one attached hydrogen (secondary N) is 2. The highest BCUT2D eigenvalue weighted by Gasteiger charge is 2.09. The number of anilines is 1. The van der Waals surface area contributed by atoms with Crippen LogP contribution in [0.4, 0.5) is 5.82 Å². The second-order valence-electron chi connectivity index (χ2n) is 5.30. The maximum Gasteiger partial charge on any atom is 0.261 e. The molecule has 0 fully saturated rings. The molecular formula is C18H16N4OS. The van der Waals surface area contributed by atoms with E-state index in [9.17, 15) is 10.1 Å². The van der Waals surface area contributed by atoms with Crippen molar-refractivity contribution in [1.29, 1.82) is 5.26 Å². The number of amides is 1. The summed E-state index contributed by atoms with van der Waals surface area (Å²) >= 11 is 1.41. The Morgan fingerprint density at radius 3 is 2.92 bits per heavy atom. The number of thiophene rings is 1. The van der Waals surface area contributed by atoms with Gasteiger partial charge in [-0.05, 0) is 30.0 Å². The number of aryl methyl sites for hydroxylation is 1. The summed E-state index contributed by atoms with van der Waals surface area (Å²) in [6.07, 6.45) is 0. The first-order valence-electron chi connectivity index (χ1n) is 7.55. The van der Waals surface area contributed by atoms with Crippen molar-refractivity contribution < 1.29 is 4.79 Å². The van der Waals surface area contributed by atoms with Crippen molar-refractivity contribution in [1.82, 2.24) is 10.3 Å². The van der Waals surface area contributed by atoms with E-state index < -0.39 is 0 Å². The third kappa shape index (κ3) is 3.36. The molecule has 0 unspecified atom stereocenters. The van der Waals surface area contributed by atoms with Crippen LogP contribution < -0.4 is 10.6 Å². The van der Waals surface area contributed by atoms with Crippen molar-refractivity contribution in [2.45, 2.75) is 6.92 Å². The number of pyridine rings is 1. The molecule has 6 heteroatoms. The van der Waals surface area contributed by atoms with E-state index in [0.717, 1.165) is 16.5 Å². The summed E-state index contributed by atoms with van der Waals surface area (Å²) in [7, 11) is 0. The van der Waals surface area contributed by atoms with Gasteiger partial charge in [-0.25, -0.2) is 4.98 Å². The van der Waals surface area contributed by atoms with Crippen LogP contribution in [0.3, 0.4) is 0 Å². The van der Waals surface area contributed by atoms with Crippen LogP contribution in [0.1, 0.15) is 20.8 Å². The second-order valence-corrected chi connectivity index (χ2v) is 6.25. The monoisotopic (exact) mass is 336 g/mol. The van der Waals surface area contributed by atoms with E-state index in [1.54, 1.807) is 6.07 Å². The third-order valence-electron chi connectivity index (χ3n) is 3.62. The summed E-state index contributed by atoms with van der Waals surface area (Å²) in [5, 5.41) is 18.1. The smallest absolute Gasteiger partial charge is 0.261 e. The van der Waals surface area contributed by atoms with E-state index in [-0.39, 0.29) is 5.91 Å². The van der Waals surface area contributed by atoms with Crippen LogP contribution in [0.5, 0.6) is 0 Å². The molecular weight excluding hydrogens is 320 g/mol. The fourth-order valence-electron chi connectivity index (χ4n) is 2.42. The summed E-state index contributed by atoms with van der Waals surface area (Å²) in [4.78, 5) is 17.1. The van der Waals surface area contributed by atoms with Crippen LogP contribution in [0, 0.1) is 18.3 Å². The zero-order valence-electron chi connectivity index (χ0n) is 13.2. The minimum Gasteiger partial charge on any atom is -0.367 e. The van der Waals surface area contributed by atoms with Crippen LogP contribution in [-0.4, -0.2) is 24.0 Å². The normalized spacial score (nSPS) is 10.3. The van der Waals surface area contributed by atoms with Crippen LogP contribution in [0.15, 0.2) is 41.8 Å². The quantitative estimate of drug-likeness (QED) is 0.701. The largest absolute Gasteiger partial charge is 0.367 e. The van der Waals surface area contributed by atoms with Crippen LogP contribution in [-0.2, 0) is 0 Å². The molecule has 120 valence electrons. The van der Waals surface area contributed by atoms with Gasteiger partial charge in [0.05, 0.1) is 16.0 Å². The molecule has 2 aromatic heterocycles. The topological polar surface area (TPSA) is 77.8 Å². The molecule has 2 heterocycles. The summed E-state index contributed by atoms with van der Waals surface area (Å²) in [6, 6.07) is 13.5. The highest BCUT2D eigenvalue weighted by molar-refractivity contribution is 7.12. The lowest BCUT2D eigenvalue weighted by atomic mass is 10.1. The lowest BCUT2D eigenvalue weighted by Crippen LogP contribution is -2.28. The SMILES string of the molecule is Cc1cccc2cc(C#N)c(NCCNC(=O)c3cccs3)nc12. The van der Waals surface area contributed by atoms with Crippen molar-refractivity contribution in [2.75, 3.05) is 18.4 Å². The molecule has 0 saturated carbocycles. The maximum atomic E-state index is 11.9. The molecule has 1 amide bonds. The van der Waals surface area contributed by atoms with Crippen LogP contribution >= 0.6 is 11.3 Å². The molecule has 0 atom stereocenters. The number of nitrogens with zero attached hydrogens (tertiary/aromatic N) is 2. The number of aromatic nitrogens is 1. The van der Waals surface area contributed by atoms with E-state index in [0.29, 0.717) is 29.3 Å². The third-order valence-corrected chi connectivity index (χ3v) is 4.48. The first kappa shape index (κ1) is 16.0. The van der Waals surface area contributed by atoms with E-state index >= 15 is 0 Å². The fourth-order valence-corrected chi connectivity index (χ4v) is 3.06. The van der Waals surface area contributed by atoms with Crippen molar-refractivity contribution >= 4 is 34.0 Å². The van der Waals surface area contributed by atoms with Gasteiger partial charge in [-0.2, -0.15) is 5.26 Å². The molecule has 0 aliphatic heterocycles. The summed E-state index contributed by atoms with van der Waals surface area (Å²) < 4.78 is 0. The van der Waals surface area contributed by atoms with Crippen LogP contribution in [0.25, 0.3) is 10.9 Å². The predicted molar refractivity (Wildman–Crippen MR) is 96.3 cm³/mol. The summed E-state index contributed by atoms with van der Waals surface area (Å²) in [6.45, 7) is 2.94. The van der Waals surface area contributed by atoms with Gasteiger partial charge in [0, 0.05) is 18.5 Å². The Hall–Kier alpha value is -2.91. The van der Waals surface area contributed by atoms with Gasteiger partial charge < -0.3 is 10.6 Å². The van der Waals surface area contributed by atoms with E-state index in [1.165, 1.54) is 11.3 Å². The number of fused-ring (bicyclic) bond motifs is 1. The van der Waals surface area contributed by atoms with Gasteiger partial charge in [0.1, 0.15) is 11.9 Å². The number of carbonyl (C=O) groups is 1. The van der Waals surface area contributed by atoms with Gasteiger partial charge in [-0.3, -0.25) is 4.79 Å².